The van der Waals surface area contributed by atoms with Crippen LogP contribution in [0.3, 0.4) is 0 Å². The van der Waals surface area contributed by atoms with E-state index in [-0.39, 0.29) is 11.7 Å². The zero-order valence-corrected chi connectivity index (χ0v) is 18.8. The van der Waals surface area contributed by atoms with Gasteiger partial charge in [0, 0.05) is 40.2 Å². The third-order valence-corrected chi connectivity index (χ3v) is 5.55. The zero-order chi connectivity index (χ0) is 24.4. The molecule has 0 spiro atoms. The van der Waals surface area contributed by atoms with E-state index in [1.807, 2.05) is 54.7 Å². The van der Waals surface area contributed by atoms with E-state index in [0.717, 1.165) is 28.3 Å². The van der Waals surface area contributed by atoms with Crippen molar-refractivity contribution in [3.63, 3.8) is 0 Å². The van der Waals surface area contributed by atoms with E-state index in [1.165, 1.54) is 12.1 Å². The van der Waals surface area contributed by atoms with E-state index >= 15 is 0 Å². The molecule has 0 unspecified atom stereocenters. The molecule has 0 bridgehead atoms. The topological polar surface area (TPSA) is 98.0 Å². The molecule has 1 aromatic heterocycles. The van der Waals surface area contributed by atoms with E-state index in [9.17, 15) is 14.0 Å². The van der Waals surface area contributed by atoms with Crippen molar-refractivity contribution in [2.24, 2.45) is 0 Å². The number of hydrogen-bond donors (Lipinski definition) is 5. The Morgan fingerprint density at radius 2 is 1.63 bits per heavy atom. The molecule has 8 heteroatoms. The summed E-state index contributed by atoms with van der Waals surface area (Å²) in [5.74, 6) is -0.478. The standard InChI is InChI=1S/C27H22FN5O2/c1-16-12-20(8-10-24(16)28)32-27(35)31-19-5-2-4-18(13-19)30-21-7-9-22-23(14-17-6-3-11-29-17)26(34)33-25(22)15-21/h2-15,29-30H,1H3,(H,33,34)(H2,31,32,35)/b23-14-. The summed E-state index contributed by atoms with van der Waals surface area (Å²) in [6.45, 7) is 1.64. The Balaban J connectivity index is 1.27. The predicted octanol–water partition coefficient (Wildman–Crippen LogP) is 6.34. The highest BCUT2D eigenvalue weighted by Crippen LogP contribution is 2.35. The first-order valence-electron chi connectivity index (χ1n) is 11.0. The van der Waals surface area contributed by atoms with Gasteiger partial charge in [0.05, 0.1) is 11.3 Å². The van der Waals surface area contributed by atoms with Gasteiger partial charge in [0.25, 0.3) is 5.91 Å². The number of urea groups is 1. The van der Waals surface area contributed by atoms with Gasteiger partial charge >= 0.3 is 6.03 Å². The molecule has 0 fully saturated rings. The molecule has 3 amide bonds. The van der Waals surface area contributed by atoms with Crippen molar-refractivity contribution in [1.29, 1.82) is 0 Å². The average molecular weight is 468 g/mol. The van der Waals surface area contributed by atoms with Crippen LogP contribution in [-0.2, 0) is 4.79 Å². The molecule has 1 aliphatic heterocycles. The van der Waals surface area contributed by atoms with Gasteiger partial charge in [-0.25, -0.2) is 9.18 Å². The number of halogens is 1. The molecule has 5 rings (SSSR count). The third kappa shape index (κ3) is 4.91. The fraction of sp³-hybridized carbons (Fsp3) is 0.0370. The van der Waals surface area contributed by atoms with Crippen LogP contribution in [0.1, 0.15) is 16.8 Å². The molecule has 2 heterocycles. The molecule has 1 aliphatic rings. The number of H-pyrrole nitrogens is 1. The van der Waals surface area contributed by atoms with Crippen molar-refractivity contribution in [2.75, 3.05) is 21.3 Å². The molecule has 0 aliphatic carbocycles. The lowest BCUT2D eigenvalue weighted by atomic mass is 10.1. The molecule has 0 atom stereocenters. The van der Waals surface area contributed by atoms with Crippen LogP contribution >= 0.6 is 0 Å². The van der Waals surface area contributed by atoms with Gasteiger partial charge in [0.2, 0.25) is 0 Å². The summed E-state index contributed by atoms with van der Waals surface area (Å²) >= 11 is 0. The van der Waals surface area contributed by atoms with Gasteiger partial charge in [-0.3, -0.25) is 4.79 Å². The van der Waals surface area contributed by atoms with E-state index in [0.29, 0.717) is 22.5 Å². The first kappa shape index (κ1) is 22.0. The van der Waals surface area contributed by atoms with Crippen molar-refractivity contribution < 1.29 is 14.0 Å². The number of aryl methyl sites for hydroxylation is 1. The molecule has 35 heavy (non-hydrogen) atoms. The zero-order valence-electron chi connectivity index (χ0n) is 18.8. The Labute approximate surface area is 201 Å². The number of amides is 3. The maximum Gasteiger partial charge on any atom is 0.323 e. The Morgan fingerprint density at radius 1 is 0.886 bits per heavy atom. The van der Waals surface area contributed by atoms with Crippen LogP contribution in [0.2, 0.25) is 0 Å². The molecule has 7 nitrogen and oxygen atoms in total. The maximum absolute atomic E-state index is 13.4. The lowest BCUT2D eigenvalue weighted by Gasteiger charge is -2.12. The first-order chi connectivity index (χ1) is 16.9. The van der Waals surface area contributed by atoms with Crippen LogP contribution in [0.4, 0.5) is 37.6 Å². The minimum absolute atomic E-state index is 0.152. The summed E-state index contributed by atoms with van der Waals surface area (Å²) < 4.78 is 13.4. The molecule has 4 aromatic rings. The van der Waals surface area contributed by atoms with Crippen LogP contribution in [0.5, 0.6) is 0 Å². The summed E-state index contributed by atoms with van der Waals surface area (Å²) in [7, 11) is 0. The van der Waals surface area contributed by atoms with E-state index in [1.54, 1.807) is 25.1 Å². The van der Waals surface area contributed by atoms with Gasteiger partial charge in [0.15, 0.2) is 0 Å². The number of rotatable bonds is 5. The van der Waals surface area contributed by atoms with Gasteiger partial charge in [-0.2, -0.15) is 0 Å². The highest BCUT2D eigenvalue weighted by molar-refractivity contribution is 6.35. The van der Waals surface area contributed by atoms with Gasteiger partial charge in [-0.15, -0.1) is 0 Å². The summed E-state index contributed by atoms with van der Waals surface area (Å²) in [5, 5.41) is 11.7. The fourth-order valence-electron chi connectivity index (χ4n) is 3.86. The first-order valence-corrected chi connectivity index (χ1v) is 11.0. The van der Waals surface area contributed by atoms with Gasteiger partial charge in [-0.1, -0.05) is 12.1 Å². The van der Waals surface area contributed by atoms with Crippen LogP contribution in [0, 0.1) is 12.7 Å². The molecule has 0 saturated heterocycles. The van der Waals surface area contributed by atoms with Crippen molar-refractivity contribution in [3.8, 4) is 0 Å². The predicted molar refractivity (Wildman–Crippen MR) is 137 cm³/mol. The lowest BCUT2D eigenvalue weighted by molar-refractivity contribution is -0.110. The third-order valence-electron chi connectivity index (χ3n) is 5.55. The van der Waals surface area contributed by atoms with Gasteiger partial charge in [-0.05, 0) is 79.2 Å². The molecule has 3 aromatic carbocycles. The van der Waals surface area contributed by atoms with E-state index in [2.05, 4.69) is 26.3 Å². The van der Waals surface area contributed by atoms with E-state index < -0.39 is 6.03 Å². The van der Waals surface area contributed by atoms with Crippen LogP contribution in [0.15, 0.2) is 79.0 Å². The van der Waals surface area contributed by atoms with Crippen molar-refractivity contribution in [3.05, 3.63) is 102 Å². The molecule has 174 valence electrons. The van der Waals surface area contributed by atoms with Gasteiger partial charge in [0.1, 0.15) is 5.82 Å². The number of aromatic amines is 1. The Kier molecular flexibility index (Phi) is 5.76. The highest BCUT2D eigenvalue weighted by atomic mass is 19.1. The summed E-state index contributed by atoms with van der Waals surface area (Å²) in [4.78, 5) is 27.9. The number of benzene rings is 3. The fourth-order valence-corrected chi connectivity index (χ4v) is 3.86. The Hall–Kier alpha value is -4.85. The van der Waals surface area contributed by atoms with Crippen molar-refractivity contribution >= 4 is 52.0 Å². The number of nitrogens with one attached hydrogen (secondary N) is 5. The average Bonchev–Trinajstić information content (AvgIpc) is 3.44. The van der Waals surface area contributed by atoms with Crippen molar-refractivity contribution in [1.82, 2.24) is 4.98 Å². The number of hydrogen-bond acceptors (Lipinski definition) is 3. The highest BCUT2D eigenvalue weighted by Gasteiger charge is 2.24. The molecular weight excluding hydrogens is 445 g/mol. The minimum Gasteiger partial charge on any atom is -0.362 e. The second-order valence-electron chi connectivity index (χ2n) is 8.15. The van der Waals surface area contributed by atoms with E-state index in [4.69, 9.17) is 0 Å². The maximum atomic E-state index is 13.4. The normalized spacial score (nSPS) is 13.3. The number of anilines is 5. The van der Waals surface area contributed by atoms with Crippen LogP contribution < -0.4 is 21.3 Å². The number of aromatic nitrogens is 1. The van der Waals surface area contributed by atoms with Crippen LogP contribution in [0.25, 0.3) is 11.6 Å². The lowest BCUT2D eigenvalue weighted by Crippen LogP contribution is -2.19. The summed E-state index contributed by atoms with van der Waals surface area (Å²) in [5.41, 5.74) is 6.08. The Morgan fingerprint density at radius 3 is 2.40 bits per heavy atom. The SMILES string of the molecule is Cc1cc(NC(=O)Nc2cccc(Nc3ccc4c(c3)NC(=O)/C4=C\c3ccc[nH]3)c2)ccc1F. The second-order valence-corrected chi connectivity index (χ2v) is 8.15. The quantitative estimate of drug-likeness (QED) is 0.221. The van der Waals surface area contributed by atoms with Crippen LogP contribution in [-0.4, -0.2) is 16.9 Å². The minimum atomic E-state index is -0.435. The molecule has 0 saturated carbocycles. The smallest absolute Gasteiger partial charge is 0.323 e. The number of fused-ring (bicyclic) bond motifs is 1. The summed E-state index contributed by atoms with van der Waals surface area (Å²) in [6.07, 6.45) is 3.63. The van der Waals surface area contributed by atoms with Crippen molar-refractivity contribution in [2.45, 2.75) is 6.92 Å². The number of carbonyl (C=O) groups is 2. The largest absolute Gasteiger partial charge is 0.362 e. The monoisotopic (exact) mass is 467 g/mol. The summed E-state index contributed by atoms with van der Waals surface area (Å²) in [6, 6.07) is 20.6. The molecule has 5 N–H and O–H groups in total. The Bertz CT molecular complexity index is 1460. The van der Waals surface area contributed by atoms with Gasteiger partial charge < -0.3 is 26.3 Å². The second kappa shape index (κ2) is 9.18. The molecule has 0 radical (unpaired) electrons. The number of carbonyl (C=O) groups excluding carboxylic acids is 2. The molecular formula is C27H22FN5O2.